The van der Waals surface area contributed by atoms with Gasteiger partial charge in [-0.05, 0) is 13.8 Å². The lowest BCUT2D eigenvalue weighted by atomic mass is 10.0. The molecule has 0 aromatic carbocycles. The van der Waals surface area contributed by atoms with Gasteiger partial charge >= 0.3 is 5.97 Å². The third-order valence-corrected chi connectivity index (χ3v) is 1.67. The summed E-state index contributed by atoms with van der Waals surface area (Å²) < 4.78 is 0. The van der Waals surface area contributed by atoms with E-state index in [0.29, 0.717) is 0 Å². The molecular weight excluding hydrogens is 200 g/mol. The fourth-order valence-electron chi connectivity index (χ4n) is 1.05. The standard InChI is InChI=1S/C9H18N2O4/c1-9(2,10)5-7(13)11-6(3-4-12)8(14)15/h6,12H,3-5,10H2,1-2H3,(H,11,13)(H,14,15). The topological polar surface area (TPSA) is 113 Å². The molecule has 15 heavy (non-hydrogen) atoms. The Morgan fingerprint density at radius 2 is 2.00 bits per heavy atom. The molecule has 0 bridgehead atoms. The van der Waals surface area contributed by atoms with Crippen molar-refractivity contribution in [2.45, 2.75) is 38.3 Å². The summed E-state index contributed by atoms with van der Waals surface area (Å²) in [5.74, 6) is -1.59. The van der Waals surface area contributed by atoms with Gasteiger partial charge in [-0.2, -0.15) is 0 Å². The van der Waals surface area contributed by atoms with E-state index in [1.807, 2.05) is 0 Å². The molecule has 0 radical (unpaired) electrons. The predicted octanol–water partition coefficient (Wildman–Crippen LogP) is -0.934. The maximum atomic E-state index is 11.3. The molecule has 5 N–H and O–H groups in total. The molecule has 1 atom stereocenters. The second kappa shape index (κ2) is 5.67. The van der Waals surface area contributed by atoms with Crippen molar-refractivity contribution in [2.75, 3.05) is 6.61 Å². The van der Waals surface area contributed by atoms with Crippen molar-refractivity contribution in [3.63, 3.8) is 0 Å². The zero-order chi connectivity index (χ0) is 12.1. The number of carboxylic acids is 1. The number of aliphatic hydroxyl groups excluding tert-OH is 1. The predicted molar refractivity (Wildman–Crippen MR) is 54.2 cm³/mol. The lowest BCUT2D eigenvalue weighted by molar-refractivity contribution is -0.142. The fourth-order valence-corrected chi connectivity index (χ4v) is 1.05. The van der Waals surface area contributed by atoms with Gasteiger partial charge in [-0.1, -0.05) is 0 Å². The smallest absolute Gasteiger partial charge is 0.326 e. The van der Waals surface area contributed by atoms with Gasteiger partial charge in [-0.15, -0.1) is 0 Å². The number of carbonyl (C=O) groups is 2. The molecule has 0 aromatic rings. The van der Waals surface area contributed by atoms with Crippen molar-refractivity contribution in [1.82, 2.24) is 5.32 Å². The molecule has 88 valence electrons. The first-order chi connectivity index (χ1) is 6.76. The van der Waals surface area contributed by atoms with Crippen LogP contribution in [0.5, 0.6) is 0 Å². The molecule has 0 aromatic heterocycles. The van der Waals surface area contributed by atoms with Gasteiger partial charge in [-0.3, -0.25) is 4.79 Å². The van der Waals surface area contributed by atoms with Crippen molar-refractivity contribution < 1.29 is 19.8 Å². The van der Waals surface area contributed by atoms with E-state index in [-0.39, 0.29) is 19.4 Å². The van der Waals surface area contributed by atoms with Crippen molar-refractivity contribution in [2.24, 2.45) is 5.73 Å². The van der Waals surface area contributed by atoms with Crippen LogP contribution in [0.15, 0.2) is 0 Å². The second-order valence-electron chi connectivity index (χ2n) is 4.14. The Labute approximate surface area is 88.5 Å². The Balaban J connectivity index is 4.18. The first kappa shape index (κ1) is 13.9. The van der Waals surface area contributed by atoms with Crippen molar-refractivity contribution >= 4 is 11.9 Å². The molecule has 1 amide bonds. The molecule has 0 saturated heterocycles. The van der Waals surface area contributed by atoms with E-state index in [0.717, 1.165) is 0 Å². The minimum Gasteiger partial charge on any atom is -0.480 e. The van der Waals surface area contributed by atoms with Crippen molar-refractivity contribution in [3.05, 3.63) is 0 Å². The van der Waals surface area contributed by atoms with Gasteiger partial charge in [0, 0.05) is 25.0 Å². The zero-order valence-corrected chi connectivity index (χ0v) is 8.99. The van der Waals surface area contributed by atoms with E-state index in [2.05, 4.69) is 5.32 Å². The van der Waals surface area contributed by atoms with E-state index in [4.69, 9.17) is 15.9 Å². The minimum absolute atomic E-state index is 0.00786. The number of rotatable bonds is 6. The Hall–Kier alpha value is -1.14. The molecule has 0 aliphatic heterocycles. The molecule has 0 heterocycles. The highest BCUT2D eigenvalue weighted by Crippen LogP contribution is 2.03. The van der Waals surface area contributed by atoms with Crippen LogP contribution in [0, 0.1) is 0 Å². The van der Waals surface area contributed by atoms with Crippen molar-refractivity contribution in [1.29, 1.82) is 0 Å². The van der Waals surface area contributed by atoms with Crippen LogP contribution < -0.4 is 11.1 Å². The third-order valence-electron chi connectivity index (χ3n) is 1.67. The van der Waals surface area contributed by atoms with Gasteiger partial charge in [0.05, 0.1) is 0 Å². The molecule has 1 unspecified atom stereocenters. The lowest BCUT2D eigenvalue weighted by Gasteiger charge is -2.19. The van der Waals surface area contributed by atoms with Crippen LogP contribution in [-0.2, 0) is 9.59 Å². The zero-order valence-electron chi connectivity index (χ0n) is 8.99. The van der Waals surface area contributed by atoms with E-state index in [9.17, 15) is 9.59 Å². The normalized spacial score (nSPS) is 13.3. The van der Waals surface area contributed by atoms with E-state index in [1.165, 1.54) is 0 Å². The van der Waals surface area contributed by atoms with E-state index >= 15 is 0 Å². The Morgan fingerprint density at radius 3 is 2.33 bits per heavy atom. The molecule has 6 heteroatoms. The average Bonchev–Trinajstić information content (AvgIpc) is 1.99. The number of aliphatic hydroxyl groups is 1. The molecule has 0 rings (SSSR count). The molecular formula is C9H18N2O4. The van der Waals surface area contributed by atoms with Crippen LogP contribution in [0.2, 0.25) is 0 Å². The number of nitrogens with two attached hydrogens (primary N) is 1. The number of hydrogen-bond acceptors (Lipinski definition) is 4. The summed E-state index contributed by atoms with van der Waals surface area (Å²) in [5, 5.41) is 19.6. The van der Waals surface area contributed by atoms with Gasteiger partial charge in [-0.25, -0.2) is 4.79 Å². The van der Waals surface area contributed by atoms with Crippen LogP contribution in [0.3, 0.4) is 0 Å². The molecule has 0 fully saturated rings. The van der Waals surface area contributed by atoms with Crippen LogP contribution in [-0.4, -0.2) is 40.3 Å². The Kier molecular flexibility index (Phi) is 5.24. The molecule has 0 saturated carbocycles. The highest BCUT2D eigenvalue weighted by Gasteiger charge is 2.22. The monoisotopic (exact) mass is 218 g/mol. The number of carboxylic acid groups (broad SMARTS) is 1. The second-order valence-corrected chi connectivity index (χ2v) is 4.14. The van der Waals surface area contributed by atoms with Crippen LogP contribution >= 0.6 is 0 Å². The number of hydrogen-bond donors (Lipinski definition) is 4. The Morgan fingerprint density at radius 1 is 1.47 bits per heavy atom. The van der Waals surface area contributed by atoms with E-state index < -0.39 is 23.5 Å². The largest absolute Gasteiger partial charge is 0.480 e. The maximum Gasteiger partial charge on any atom is 0.326 e. The van der Waals surface area contributed by atoms with Crippen LogP contribution in [0.4, 0.5) is 0 Å². The highest BCUT2D eigenvalue weighted by atomic mass is 16.4. The highest BCUT2D eigenvalue weighted by molar-refractivity contribution is 5.84. The SMILES string of the molecule is CC(C)(N)CC(=O)NC(CCO)C(=O)O. The summed E-state index contributed by atoms with van der Waals surface area (Å²) >= 11 is 0. The van der Waals surface area contributed by atoms with Gasteiger partial charge in [0.25, 0.3) is 0 Å². The van der Waals surface area contributed by atoms with Crippen molar-refractivity contribution in [3.8, 4) is 0 Å². The average molecular weight is 218 g/mol. The Bertz CT molecular complexity index is 235. The number of carbonyl (C=O) groups excluding carboxylic acids is 1. The molecule has 0 aliphatic rings. The number of amides is 1. The fraction of sp³-hybridized carbons (Fsp3) is 0.778. The molecule has 0 aliphatic carbocycles. The van der Waals surface area contributed by atoms with Crippen LogP contribution in [0.1, 0.15) is 26.7 Å². The number of aliphatic carboxylic acids is 1. The van der Waals surface area contributed by atoms with Gasteiger partial charge < -0.3 is 21.3 Å². The third kappa shape index (κ3) is 6.87. The number of nitrogens with one attached hydrogen (secondary N) is 1. The van der Waals surface area contributed by atoms with Gasteiger partial charge in [0.15, 0.2) is 0 Å². The summed E-state index contributed by atoms with van der Waals surface area (Å²) in [6, 6.07) is -1.05. The summed E-state index contributed by atoms with van der Waals surface area (Å²) in [4.78, 5) is 21.9. The minimum atomic E-state index is -1.16. The van der Waals surface area contributed by atoms with Gasteiger partial charge in [0.1, 0.15) is 6.04 Å². The molecule has 0 spiro atoms. The summed E-state index contributed by atoms with van der Waals surface area (Å²) in [5.41, 5.74) is 4.93. The lowest BCUT2D eigenvalue weighted by Crippen LogP contribution is -2.45. The summed E-state index contributed by atoms with van der Waals surface area (Å²) in [7, 11) is 0. The maximum absolute atomic E-state index is 11.3. The first-order valence-corrected chi connectivity index (χ1v) is 4.68. The summed E-state index contributed by atoms with van der Waals surface area (Å²) in [6.07, 6.45) is 0.0360. The van der Waals surface area contributed by atoms with Gasteiger partial charge in [0.2, 0.25) is 5.91 Å². The van der Waals surface area contributed by atoms with E-state index in [1.54, 1.807) is 13.8 Å². The van der Waals surface area contributed by atoms with Crippen LogP contribution in [0.25, 0.3) is 0 Å². The summed E-state index contributed by atoms with van der Waals surface area (Å²) in [6.45, 7) is 3.06. The molecule has 6 nitrogen and oxygen atoms in total. The quantitative estimate of drug-likeness (QED) is 0.460. The first-order valence-electron chi connectivity index (χ1n) is 4.68.